The predicted octanol–water partition coefficient (Wildman–Crippen LogP) is 2.93. The lowest BCUT2D eigenvalue weighted by molar-refractivity contribution is 0.184. The molecule has 0 aliphatic rings. The molecule has 0 bridgehead atoms. The van der Waals surface area contributed by atoms with Crippen LogP contribution in [0.25, 0.3) is 0 Å². The van der Waals surface area contributed by atoms with Crippen molar-refractivity contribution < 1.29 is 4.74 Å². The van der Waals surface area contributed by atoms with Gasteiger partial charge in [-0.1, -0.05) is 51.0 Å². The number of aliphatic imine (C=N–C) groups is 1. The molecule has 1 aromatic carbocycles. The van der Waals surface area contributed by atoms with Crippen LogP contribution in [0, 0.1) is 5.92 Å². The van der Waals surface area contributed by atoms with Crippen molar-refractivity contribution in [2.24, 2.45) is 10.9 Å². The highest BCUT2D eigenvalue weighted by atomic mass is 16.5. The molecule has 0 heterocycles. The average Bonchev–Trinajstić information content (AvgIpc) is 2.52. The average molecular weight is 291 g/mol. The van der Waals surface area contributed by atoms with Gasteiger partial charge in [-0.15, -0.1) is 0 Å². The second-order valence-corrected chi connectivity index (χ2v) is 5.19. The van der Waals surface area contributed by atoms with Crippen molar-refractivity contribution in [3.8, 4) is 0 Å². The first-order valence-corrected chi connectivity index (χ1v) is 7.75. The third-order valence-corrected chi connectivity index (χ3v) is 3.80. The maximum Gasteiger partial charge on any atom is 0.191 e. The first kappa shape index (κ1) is 17.5. The zero-order valence-corrected chi connectivity index (χ0v) is 13.8. The van der Waals surface area contributed by atoms with Crippen molar-refractivity contribution in [3.63, 3.8) is 0 Å². The van der Waals surface area contributed by atoms with Gasteiger partial charge in [0.2, 0.25) is 0 Å². The van der Waals surface area contributed by atoms with Crippen molar-refractivity contribution >= 4 is 5.96 Å². The smallest absolute Gasteiger partial charge is 0.191 e. The standard InChI is InChI=1S/C17H29N3O/c1-5-14(6-2)11-19-17(18-3)20-12-15-9-7-8-10-16(15)13-21-4/h7-10,14H,5-6,11-13H2,1-4H3,(H2,18,19,20). The molecule has 118 valence electrons. The molecule has 0 amide bonds. The van der Waals surface area contributed by atoms with E-state index in [0.29, 0.717) is 12.5 Å². The molecule has 0 aliphatic heterocycles. The van der Waals surface area contributed by atoms with E-state index in [1.807, 2.05) is 13.1 Å². The predicted molar refractivity (Wildman–Crippen MR) is 89.4 cm³/mol. The van der Waals surface area contributed by atoms with E-state index in [1.54, 1.807) is 7.11 Å². The molecular formula is C17H29N3O. The Morgan fingerprint density at radius 1 is 1.14 bits per heavy atom. The molecule has 1 aromatic rings. The molecule has 21 heavy (non-hydrogen) atoms. The van der Waals surface area contributed by atoms with E-state index < -0.39 is 0 Å². The molecule has 0 fully saturated rings. The molecule has 4 heteroatoms. The van der Waals surface area contributed by atoms with Gasteiger partial charge in [0.05, 0.1) is 6.61 Å². The van der Waals surface area contributed by atoms with Crippen LogP contribution < -0.4 is 10.6 Å². The van der Waals surface area contributed by atoms with Crippen molar-refractivity contribution in [1.29, 1.82) is 0 Å². The number of benzene rings is 1. The molecule has 0 aliphatic carbocycles. The maximum atomic E-state index is 5.24. The number of hydrogen-bond acceptors (Lipinski definition) is 2. The summed E-state index contributed by atoms with van der Waals surface area (Å²) in [6, 6.07) is 8.31. The van der Waals surface area contributed by atoms with E-state index in [4.69, 9.17) is 4.74 Å². The van der Waals surface area contributed by atoms with Crippen molar-refractivity contribution in [1.82, 2.24) is 10.6 Å². The third-order valence-electron chi connectivity index (χ3n) is 3.80. The highest BCUT2D eigenvalue weighted by Crippen LogP contribution is 2.09. The van der Waals surface area contributed by atoms with E-state index in [1.165, 1.54) is 24.0 Å². The van der Waals surface area contributed by atoms with E-state index >= 15 is 0 Å². The van der Waals surface area contributed by atoms with Gasteiger partial charge in [0.15, 0.2) is 5.96 Å². The number of nitrogens with zero attached hydrogens (tertiary/aromatic N) is 1. The van der Waals surface area contributed by atoms with Crippen LogP contribution in [0.4, 0.5) is 0 Å². The lowest BCUT2D eigenvalue weighted by Gasteiger charge is -2.17. The largest absolute Gasteiger partial charge is 0.380 e. The molecule has 0 unspecified atom stereocenters. The van der Waals surface area contributed by atoms with E-state index in [2.05, 4.69) is 47.7 Å². The lowest BCUT2D eigenvalue weighted by atomic mass is 10.0. The quantitative estimate of drug-likeness (QED) is 0.572. The van der Waals surface area contributed by atoms with Gasteiger partial charge in [-0.2, -0.15) is 0 Å². The fourth-order valence-corrected chi connectivity index (χ4v) is 2.24. The summed E-state index contributed by atoms with van der Waals surface area (Å²) >= 11 is 0. The Labute approximate surface area is 129 Å². The third kappa shape index (κ3) is 6.17. The molecule has 0 atom stereocenters. The molecule has 0 radical (unpaired) electrons. The number of methoxy groups -OCH3 is 1. The highest BCUT2D eigenvalue weighted by molar-refractivity contribution is 5.79. The second-order valence-electron chi connectivity index (χ2n) is 5.19. The number of nitrogens with one attached hydrogen (secondary N) is 2. The van der Waals surface area contributed by atoms with Gasteiger partial charge in [-0.25, -0.2) is 0 Å². The van der Waals surface area contributed by atoms with Gasteiger partial charge in [0, 0.05) is 27.2 Å². The summed E-state index contributed by atoms with van der Waals surface area (Å²) < 4.78 is 5.24. The normalized spacial score (nSPS) is 11.8. The van der Waals surface area contributed by atoms with Crippen molar-refractivity contribution in [2.45, 2.75) is 39.8 Å². The van der Waals surface area contributed by atoms with Gasteiger partial charge >= 0.3 is 0 Å². The van der Waals surface area contributed by atoms with Gasteiger partial charge in [0.1, 0.15) is 0 Å². The molecular weight excluding hydrogens is 262 g/mol. The number of ether oxygens (including phenoxy) is 1. The Balaban J connectivity index is 2.52. The molecule has 0 aromatic heterocycles. The van der Waals surface area contributed by atoms with Crippen molar-refractivity contribution in [3.05, 3.63) is 35.4 Å². The minimum atomic E-state index is 0.637. The van der Waals surface area contributed by atoms with Crippen LogP contribution in [0.3, 0.4) is 0 Å². The number of guanidine groups is 1. The zero-order valence-electron chi connectivity index (χ0n) is 13.8. The van der Waals surface area contributed by atoms with Crippen molar-refractivity contribution in [2.75, 3.05) is 20.7 Å². The summed E-state index contributed by atoms with van der Waals surface area (Å²) in [6.45, 7) is 6.81. The number of hydrogen-bond donors (Lipinski definition) is 2. The van der Waals surface area contributed by atoms with Crippen LogP contribution in [0.15, 0.2) is 29.3 Å². The minimum absolute atomic E-state index is 0.637. The fraction of sp³-hybridized carbons (Fsp3) is 0.588. The Bertz CT molecular complexity index is 428. The molecule has 0 saturated heterocycles. The molecule has 4 nitrogen and oxygen atoms in total. The molecule has 2 N–H and O–H groups in total. The maximum absolute atomic E-state index is 5.24. The Morgan fingerprint density at radius 2 is 1.81 bits per heavy atom. The second kappa shape index (κ2) is 10.2. The summed E-state index contributed by atoms with van der Waals surface area (Å²) in [5.74, 6) is 1.55. The Hall–Kier alpha value is -1.55. The molecule has 1 rings (SSSR count). The summed E-state index contributed by atoms with van der Waals surface area (Å²) in [6.07, 6.45) is 2.38. The van der Waals surface area contributed by atoms with Gasteiger partial charge in [0.25, 0.3) is 0 Å². The minimum Gasteiger partial charge on any atom is -0.380 e. The van der Waals surface area contributed by atoms with Gasteiger partial charge < -0.3 is 15.4 Å². The summed E-state index contributed by atoms with van der Waals surface area (Å²) in [5.41, 5.74) is 2.45. The topological polar surface area (TPSA) is 45.7 Å². The SMILES string of the molecule is CCC(CC)CNC(=NC)NCc1ccccc1COC. The van der Waals surface area contributed by atoms with Crippen LogP contribution >= 0.6 is 0 Å². The fourth-order valence-electron chi connectivity index (χ4n) is 2.24. The van der Waals surface area contributed by atoms with Crippen LogP contribution in [0.1, 0.15) is 37.8 Å². The first-order chi connectivity index (χ1) is 10.2. The summed E-state index contributed by atoms with van der Waals surface area (Å²) in [4.78, 5) is 4.28. The summed E-state index contributed by atoms with van der Waals surface area (Å²) in [5, 5.41) is 6.77. The first-order valence-electron chi connectivity index (χ1n) is 7.75. The zero-order chi connectivity index (χ0) is 15.5. The number of rotatable bonds is 8. The van der Waals surface area contributed by atoms with Crippen LogP contribution in [0.2, 0.25) is 0 Å². The van der Waals surface area contributed by atoms with E-state index in [9.17, 15) is 0 Å². The van der Waals surface area contributed by atoms with Crippen LogP contribution in [-0.2, 0) is 17.9 Å². The van der Waals surface area contributed by atoms with Gasteiger partial charge in [-0.05, 0) is 17.0 Å². The Morgan fingerprint density at radius 3 is 2.38 bits per heavy atom. The van der Waals surface area contributed by atoms with Crippen LogP contribution in [-0.4, -0.2) is 26.7 Å². The Kier molecular flexibility index (Phi) is 8.51. The van der Waals surface area contributed by atoms with Gasteiger partial charge in [-0.3, -0.25) is 4.99 Å². The lowest BCUT2D eigenvalue weighted by Crippen LogP contribution is -2.39. The summed E-state index contributed by atoms with van der Waals surface area (Å²) in [7, 11) is 3.53. The van der Waals surface area contributed by atoms with E-state index in [-0.39, 0.29) is 0 Å². The monoisotopic (exact) mass is 291 g/mol. The highest BCUT2D eigenvalue weighted by Gasteiger charge is 2.06. The van der Waals surface area contributed by atoms with E-state index in [0.717, 1.165) is 19.0 Å². The molecule has 0 spiro atoms. The molecule has 0 saturated carbocycles. The van der Waals surface area contributed by atoms with Crippen LogP contribution in [0.5, 0.6) is 0 Å².